The van der Waals surface area contributed by atoms with E-state index in [0.29, 0.717) is 0 Å². The van der Waals surface area contributed by atoms with Crippen molar-refractivity contribution in [3.05, 3.63) is 199 Å². The highest BCUT2D eigenvalue weighted by Gasteiger charge is 2.47. The molecule has 12 aromatic rings. The van der Waals surface area contributed by atoms with Gasteiger partial charge in [-0.3, -0.25) is 0 Å². The van der Waals surface area contributed by atoms with E-state index in [9.17, 15) is 0 Å². The zero-order valence-electron chi connectivity index (χ0n) is 40.7. The maximum Gasteiger partial charge on any atom is 0.297 e. The van der Waals surface area contributed by atoms with Crippen LogP contribution in [0.3, 0.4) is 0 Å². The molecule has 2 aliphatic heterocycles. The molecule has 2 aliphatic rings. The molecule has 0 unspecified atom stereocenters. The SMILES string of the molecule is CCC(C)(C)c1ccc2c(c1)B1c3oc4ccc(C(C)(C)CC)cc4c3N(c3cccc4c5ccccc5c5ccccc5c34)c3cccc(c31)N2c1cccc2c3ccccc3c3ccccc3c12. The third-order valence-electron chi connectivity index (χ3n) is 16.9. The Hall–Kier alpha value is -7.82. The van der Waals surface area contributed by atoms with Crippen molar-refractivity contribution < 1.29 is 4.42 Å². The fourth-order valence-corrected chi connectivity index (χ4v) is 12.4. The highest BCUT2D eigenvalue weighted by atomic mass is 16.3. The molecule has 0 amide bonds. The van der Waals surface area contributed by atoms with Gasteiger partial charge in [-0.05, 0) is 142 Å². The van der Waals surface area contributed by atoms with Crippen molar-refractivity contribution in [3.63, 3.8) is 0 Å². The zero-order chi connectivity index (χ0) is 47.2. The summed E-state index contributed by atoms with van der Waals surface area (Å²) >= 11 is 0. The van der Waals surface area contributed by atoms with E-state index in [2.05, 4.69) is 239 Å². The summed E-state index contributed by atoms with van der Waals surface area (Å²) in [5, 5.41) is 16.2. The van der Waals surface area contributed by atoms with Gasteiger partial charge < -0.3 is 14.2 Å². The Balaban J connectivity index is 1.15. The summed E-state index contributed by atoms with van der Waals surface area (Å²) in [6.45, 7) is 13.9. The second-order valence-corrected chi connectivity index (χ2v) is 21.2. The van der Waals surface area contributed by atoms with Crippen molar-refractivity contribution in [1.29, 1.82) is 0 Å². The van der Waals surface area contributed by atoms with E-state index in [1.807, 2.05) is 0 Å². The number of furan rings is 1. The van der Waals surface area contributed by atoms with Crippen LogP contribution in [0.15, 0.2) is 192 Å². The Bertz CT molecular complexity index is 4110. The molecule has 0 atom stereocenters. The summed E-state index contributed by atoms with van der Waals surface area (Å²) in [7, 11) is 0. The molecular weight excluding hydrogens is 848 g/mol. The van der Waals surface area contributed by atoms with Crippen LogP contribution in [-0.2, 0) is 10.8 Å². The lowest BCUT2D eigenvalue weighted by atomic mass is 9.35. The van der Waals surface area contributed by atoms with Gasteiger partial charge >= 0.3 is 0 Å². The third kappa shape index (κ3) is 5.59. The van der Waals surface area contributed by atoms with Crippen molar-refractivity contribution in [2.24, 2.45) is 0 Å². The molecule has 0 N–H and O–H groups in total. The monoisotopic (exact) mass is 900 g/mol. The molecule has 336 valence electrons. The average Bonchev–Trinajstić information content (AvgIpc) is 3.79. The summed E-state index contributed by atoms with van der Waals surface area (Å²) < 4.78 is 7.53. The highest BCUT2D eigenvalue weighted by Crippen LogP contribution is 2.52. The van der Waals surface area contributed by atoms with E-state index in [4.69, 9.17) is 4.42 Å². The molecule has 0 saturated carbocycles. The number of nitrogens with zero attached hydrogens (tertiary/aromatic N) is 2. The van der Waals surface area contributed by atoms with Crippen molar-refractivity contribution in [2.45, 2.75) is 65.2 Å². The largest absolute Gasteiger partial charge is 0.468 e. The molecule has 0 bridgehead atoms. The van der Waals surface area contributed by atoms with E-state index in [1.165, 1.54) is 109 Å². The molecule has 3 nitrogen and oxygen atoms in total. The van der Waals surface area contributed by atoms with E-state index in [0.717, 1.165) is 40.8 Å². The van der Waals surface area contributed by atoms with Gasteiger partial charge in [0.25, 0.3) is 6.71 Å². The quantitative estimate of drug-likeness (QED) is 0.122. The molecule has 0 radical (unpaired) electrons. The summed E-state index contributed by atoms with van der Waals surface area (Å²) in [4.78, 5) is 5.19. The molecule has 1 aromatic heterocycles. The molecule has 3 heterocycles. The van der Waals surface area contributed by atoms with Crippen LogP contribution in [0.1, 0.15) is 65.5 Å². The van der Waals surface area contributed by atoms with Gasteiger partial charge in [-0.15, -0.1) is 0 Å². The van der Waals surface area contributed by atoms with Crippen molar-refractivity contribution in [2.75, 3.05) is 9.80 Å². The first-order valence-electron chi connectivity index (χ1n) is 25.3. The molecular formula is C66H53BN2O. The Morgan fingerprint density at radius 2 is 0.786 bits per heavy atom. The summed E-state index contributed by atoms with van der Waals surface area (Å²) in [5.74, 6) is 0. The standard InChI is InChI=1S/C66H53BN2O/c1-7-65(3,4)40-35-37-59-52(38-40)63-64(70-59)67-53-39-41(66(5,6)8-2)34-36-54(53)68(55-30-17-28-50-46-22-11-9-20-42(46)44-24-13-15-26-48(44)60(50)55)57-32-19-33-58(62(57)67)69(63)56-31-18-29-51-47-23-12-10-21-43(47)45-25-14-16-27-49(45)61(51)56/h9-39H,7-8H2,1-6H3. The van der Waals surface area contributed by atoms with E-state index in [1.54, 1.807) is 0 Å². The maximum absolute atomic E-state index is 7.53. The minimum atomic E-state index is -0.175. The van der Waals surface area contributed by atoms with Crippen LogP contribution in [0, 0.1) is 0 Å². The lowest BCUT2D eigenvalue weighted by Crippen LogP contribution is -2.61. The van der Waals surface area contributed by atoms with Crippen LogP contribution in [0.25, 0.3) is 75.6 Å². The minimum absolute atomic E-state index is 0.0238. The summed E-state index contributed by atoms with van der Waals surface area (Å²) in [6, 6.07) is 71.1. The lowest BCUT2D eigenvalue weighted by Gasteiger charge is -2.43. The normalized spacial score (nSPS) is 13.6. The van der Waals surface area contributed by atoms with Gasteiger partial charge in [0, 0.05) is 33.2 Å². The minimum Gasteiger partial charge on any atom is -0.468 e. The Labute approximate surface area is 409 Å². The number of fused-ring (bicyclic) bond motifs is 18. The Morgan fingerprint density at radius 3 is 1.30 bits per heavy atom. The predicted molar refractivity (Wildman–Crippen MR) is 302 cm³/mol. The van der Waals surface area contributed by atoms with E-state index >= 15 is 0 Å². The first-order chi connectivity index (χ1) is 34.2. The highest BCUT2D eigenvalue weighted by molar-refractivity contribution is 7.00. The van der Waals surface area contributed by atoms with Crippen molar-refractivity contribution in [3.8, 4) is 0 Å². The molecule has 0 aliphatic carbocycles. The van der Waals surface area contributed by atoms with E-state index in [-0.39, 0.29) is 17.5 Å². The van der Waals surface area contributed by atoms with Gasteiger partial charge in [0.15, 0.2) is 0 Å². The lowest BCUT2D eigenvalue weighted by molar-refractivity contribution is 0.506. The molecule has 0 spiro atoms. The van der Waals surface area contributed by atoms with Gasteiger partial charge in [0.2, 0.25) is 0 Å². The third-order valence-corrected chi connectivity index (χ3v) is 16.9. The van der Waals surface area contributed by atoms with Crippen molar-refractivity contribution >= 4 is 133 Å². The second-order valence-electron chi connectivity index (χ2n) is 21.2. The maximum atomic E-state index is 7.53. The van der Waals surface area contributed by atoms with Crippen LogP contribution in [0.5, 0.6) is 0 Å². The second kappa shape index (κ2) is 14.8. The molecule has 0 fully saturated rings. The van der Waals surface area contributed by atoms with Gasteiger partial charge in [0.1, 0.15) is 5.58 Å². The van der Waals surface area contributed by atoms with Crippen molar-refractivity contribution in [1.82, 2.24) is 0 Å². The zero-order valence-corrected chi connectivity index (χ0v) is 40.7. The smallest absolute Gasteiger partial charge is 0.297 e. The first-order valence-corrected chi connectivity index (χ1v) is 25.3. The number of benzene rings is 11. The molecule has 70 heavy (non-hydrogen) atoms. The number of hydrogen-bond acceptors (Lipinski definition) is 3. The molecule has 4 heteroatoms. The van der Waals surface area contributed by atoms with Crippen LogP contribution in [0.2, 0.25) is 0 Å². The van der Waals surface area contributed by atoms with Crippen LogP contribution >= 0.6 is 0 Å². The fraction of sp³-hybridized carbons (Fsp3) is 0.152. The number of rotatable bonds is 6. The molecule has 0 saturated heterocycles. The van der Waals surface area contributed by atoms with E-state index < -0.39 is 0 Å². The van der Waals surface area contributed by atoms with Gasteiger partial charge in [-0.2, -0.15) is 0 Å². The number of hydrogen-bond donors (Lipinski definition) is 0. The summed E-state index contributed by atoms with van der Waals surface area (Å²) in [5.41, 5.74) is 14.0. The molecule has 14 rings (SSSR count). The fourth-order valence-electron chi connectivity index (χ4n) is 12.4. The van der Waals surface area contributed by atoms with Crippen LogP contribution in [-0.4, -0.2) is 6.71 Å². The Morgan fingerprint density at radius 1 is 0.386 bits per heavy atom. The van der Waals surface area contributed by atoms with Gasteiger partial charge in [-0.1, -0.05) is 187 Å². The van der Waals surface area contributed by atoms with Gasteiger partial charge in [-0.25, -0.2) is 0 Å². The summed E-state index contributed by atoms with van der Waals surface area (Å²) in [6.07, 6.45) is 2.05. The van der Waals surface area contributed by atoms with Crippen LogP contribution in [0.4, 0.5) is 34.1 Å². The first kappa shape index (κ1) is 41.2. The average molecular weight is 901 g/mol. The van der Waals surface area contributed by atoms with Crippen LogP contribution < -0.4 is 26.4 Å². The predicted octanol–water partition coefficient (Wildman–Crippen LogP) is 16.8. The molecule has 11 aromatic carbocycles. The number of anilines is 6. The topological polar surface area (TPSA) is 19.6 Å². The Kier molecular flexibility index (Phi) is 8.73. The van der Waals surface area contributed by atoms with Gasteiger partial charge in [0.05, 0.1) is 22.7 Å².